The molecule has 2 nitrogen and oxygen atoms in total. The van der Waals surface area contributed by atoms with Crippen molar-refractivity contribution in [1.29, 1.82) is 0 Å². The fourth-order valence-corrected chi connectivity index (χ4v) is 10.7. The van der Waals surface area contributed by atoms with Gasteiger partial charge in [-0.2, -0.15) is 0 Å². The Labute approximate surface area is 133 Å². The van der Waals surface area contributed by atoms with Gasteiger partial charge in [0.1, 0.15) is 0 Å². The molecule has 0 saturated heterocycles. The summed E-state index contributed by atoms with van der Waals surface area (Å²) in [4.78, 5) is 0. The Bertz CT molecular complexity index is 281. The fraction of sp³-hybridized carbons (Fsp3) is 1.00. The topological polar surface area (TPSA) is 18.5 Å². The lowest BCUT2D eigenvalue weighted by atomic mass is 9.82. The SMILES string of the molecule is CO[Si](OC)(C1CC(C)CC(C)C1)C1CC(C)CC(C)C1. The van der Waals surface area contributed by atoms with Crippen LogP contribution in [0.15, 0.2) is 0 Å². The van der Waals surface area contributed by atoms with E-state index in [-0.39, 0.29) is 0 Å². The maximum atomic E-state index is 6.28. The fourth-order valence-electron chi connectivity index (χ4n) is 5.63. The summed E-state index contributed by atoms with van der Waals surface area (Å²) < 4.78 is 12.6. The normalized spacial score (nSPS) is 42.0. The van der Waals surface area contributed by atoms with Crippen molar-refractivity contribution in [3.63, 3.8) is 0 Å². The van der Waals surface area contributed by atoms with Crippen molar-refractivity contribution in [3.05, 3.63) is 0 Å². The summed E-state index contributed by atoms with van der Waals surface area (Å²) in [5.74, 6) is 3.31. The summed E-state index contributed by atoms with van der Waals surface area (Å²) in [5.41, 5.74) is 1.38. The highest BCUT2D eigenvalue weighted by Gasteiger charge is 2.53. The molecule has 0 heterocycles. The molecule has 0 amide bonds. The van der Waals surface area contributed by atoms with Crippen LogP contribution in [-0.2, 0) is 8.85 Å². The monoisotopic (exact) mass is 312 g/mol. The Kier molecular flexibility index (Phi) is 5.95. The van der Waals surface area contributed by atoms with Gasteiger partial charge in [-0.3, -0.25) is 0 Å². The van der Waals surface area contributed by atoms with Crippen LogP contribution in [0.1, 0.15) is 66.2 Å². The summed E-state index contributed by atoms with van der Waals surface area (Å²) in [6, 6.07) is 0. The van der Waals surface area contributed by atoms with Crippen molar-refractivity contribution in [3.8, 4) is 0 Å². The molecule has 0 aliphatic heterocycles. The van der Waals surface area contributed by atoms with Crippen LogP contribution >= 0.6 is 0 Å². The van der Waals surface area contributed by atoms with Crippen LogP contribution in [0, 0.1) is 23.7 Å². The number of hydrogen-bond acceptors (Lipinski definition) is 2. The molecule has 124 valence electrons. The summed E-state index contributed by atoms with van der Waals surface area (Å²) in [7, 11) is 1.76. The zero-order valence-corrected chi connectivity index (χ0v) is 16.0. The zero-order valence-electron chi connectivity index (χ0n) is 15.0. The average Bonchev–Trinajstić information content (AvgIpc) is 2.38. The van der Waals surface area contributed by atoms with E-state index in [1.165, 1.54) is 38.5 Å². The highest BCUT2D eigenvalue weighted by atomic mass is 28.4. The maximum Gasteiger partial charge on any atom is 0.344 e. The van der Waals surface area contributed by atoms with Crippen molar-refractivity contribution < 1.29 is 8.85 Å². The van der Waals surface area contributed by atoms with E-state index >= 15 is 0 Å². The Morgan fingerprint density at radius 3 is 1.10 bits per heavy atom. The van der Waals surface area contributed by atoms with E-state index in [1.54, 1.807) is 0 Å². The first kappa shape index (κ1) is 17.5. The third kappa shape index (κ3) is 3.73. The molecule has 0 aromatic rings. The van der Waals surface area contributed by atoms with Gasteiger partial charge in [0, 0.05) is 25.3 Å². The summed E-state index contributed by atoms with van der Waals surface area (Å²) in [6.07, 6.45) is 8.03. The molecule has 2 fully saturated rings. The van der Waals surface area contributed by atoms with Gasteiger partial charge in [0.15, 0.2) is 0 Å². The molecular weight excluding hydrogens is 276 g/mol. The lowest BCUT2D eigenvalue weighted by Gasteiger charge is -2.48. The summed E-state index contributed by atoms with van der Waals surface area (Å²) >= 11 is 0. The molecule has 0 N–H and O–H groups in total. The molecule has 2 aliphatic rings. The molecule has 2 rings (SSSR count). The molecule has 0 aromatic heterocycles. The highest BCUT2D eigenvalue weighted by molar-refractivity contribution is 6.70. The first-order valence-corrected chi connectivity index (χ1v) is 11.0. The van der Waals surface area contributed by atoms with Crippen LogP contribution in [0.5, 0.6) is 0 Å². The van der Waals surface area contributed by atoms with Crippen LogP contribution in [0.3, 0.4) is 0 Å². The minimum Gasteiger partial charge on any atom is -0.397 e. The first-order valence-electron chi connectivity index (χ1n) is 9.01. The molecule has 21 heavy (non-hydrogen) atoms. The van der Waals surface area contributed by atoms with Crippen LogP contribution in [0.4, 0.5) is 0 Å². The smallest absolute Gasteiger partial charge is 0.344 e. The Morgan fingerprint density at radius 2 is 0.857 bits per heavy atom. The van der Waals surface area contributed by atoms with E-state index in [4.69, 9.17) is 8.85 Å². The quantitative estimate of drug-likeness (QED) is 0.649. The minimum atomic E-state index is -2.11. The van der Waals surface area contributed by atoms with Gasteiger partial charge in [-0.25, -0.2) is 0 Å². The molecule has 2 saturated carbocycles. The van der Waals surface area contributed by atoms with Crippen molar-refractivity contribution in [2.75, 3.05) is 14.2 Å². The Morgan fingerprint density at radius 1 is 0.571 bits per heavy atom. The second-order valence-corrected chi connectivity index (χ2v) is 12.3. The lowest BCUT2D eigenvalue weighted by Crippen LogP contribution is -2.53. The van der Waals surface area contributed by atoms with E-state index in [9.17, 15) is 0 Å². The van der Waals surface area contributed by atoms with Crippen LogP contribution in [0.2, 0.25) is 11.1 Å². The largest absolute Gasteiger partial charge is 0.397 e. The molecule has 2 aliphatic carbocycles. The first-order chi connectivity index (χ1) is 9.91. The number of rotatable bonds is 4. The van der Waals surface area contributed by atoms with Gasteiger partial charge in [0.25, 0.3) is 0 Å². The predicted octanol–water partition coefficient (Wildman–Crippen LogP) is 5.37. The van der Waals surface area contributed by atoms with Gasteiger partial charge < -0.3 is 8.85 Å². The van der Waals surface area contributed by atoms with Crippen molar-refractivity contribution in [2.24, 2.45) is 23.7 Å². The van der Waals surface area contributed by atoms with E-state index in [2.05, 4.69) is 27.7 Å². The Balaban J connectivity index is 2.22. The third-order valence-corrected chi connectivity index (χ3v) is 10.6. The minimum absolute atomic E-state index is 0.689. The van der Waals surface area contributed by atoms with E-state index in [0.29, 0.717) is 11.1 Å². The molecule has 0 aromatic carbocycles. The zero-order chi connectivity index (χ0) is 15.6. The maximum absolute atomic E-state index is 6.28. The predicted molar refractivity (Wildman–Crippen MR) is 91.6 cm³/mol. The molecule has 4 atom stereocenters. The van der Waals surface area contributed by atoms with E-state index in [0.717, 1.165) is 23.7 Å². The average molecular weight is 313 g/mol. The van der Waals surface area contributed by atoms with Gasteiger partial charge in [0.2, 0.25) is 0 Å². The molecule has 0 spiro atoms. The van der Waals surface area contributed by atoms with Gasteiger partial charge in [-0.15, -0.1) is 0 Å². The molecular formula is C18H36O2Si. The van der Waals surface area contributed by atoms with Gasteiger partial charge >= 0.3 is 8.56 Å². The standard InChI is InChI=1S/C18H36O2Si/c1-13-7-14(2)10-17(9-13)21(19-5,20-6)18-11-15(3)8-16(4)12-18/h13-18H,7-12H2,1-6H3. The van der Waals surface area contributed by atoms with Gasteiger partial charge in [0.05, 0.1) is 0 Å². The van der Waals surface area contributed by atoms with Crippen molar-refractivity contribution in [1.82, 2.24) is 0 Å². The van der Waals surface area contributed by atoms with Crippen LogP contribution in [0.25, 0.3) is 0 Å². The second-order valence-electron chi connectivity index (χ2n) is 8.36. The van der Waals surface area contributed by atoms with Crippen molar-refractivity contribution >= 4 is 8.56 Å². The highest BCUT2D eigenvalue weighted by Crippen LogP contribution is 2.52. The van der Waals surface area contributed by atoms with E-state index < -0.39 is 8.56 Å². The summed E-state index contributed by atoms with van der Waals surface area (Å²) in [6.45, 7) is 9.66. The van der Waals surface area contributed by atoms with Crippen LogP contribution < -0.4 is 0 Å². The van der Waals surface area contributed by atoms with E-state index in [1.807, 2.05) is 14.2 Å². The van der Waals surface area contributed by atoms with Crippen molar-refractivity contribution in [2.45, 2.75) is 77.3 Å². The lowest BCUT2D eigenvalue weighted by molar-refractivity contribution is 0.158. The van der Waals surface area contributed by atoms with Crippen LogP contribution in [-0.4, -0.2) is 22.8 Å². The summed E-state index contributed by atoms with van der Waals surface area (Å²) in [5, 5.41) is 0. The molecule has 3 heteroatoms. The third-order valence-electron chi connectivity index (χ3n) is 6.13. The Hall–Kier alpha value is 0.137. The van der Waals surface area contributed by atoms with Gasteiger partial charge in [-0.1, -0.05) is 27.7 Å². The molecule has 0 radical (unpaired) electrons. The van der Waals surface area contributed by atoms with Gasteiger partial charge in [-0.05, 0) is 62.2 Å². The number of hydrogen-bond donors (Lipinski definition) is 0. The second kappa shape index (κ2) is 7.14. The molecule has 0 bridgehead atoms. The molecule has 4 unspecified atom stereocenters.